The van der Waals surface area contributed by atoms with Crippen molar-refractivity contribution >= 4 is 22.3 Å². The van der Waals surface area contributed by atoms with E-state index in [-0.39, 0.29) is 10.6 Å². The molecule has 0 unspecified atom stereocenters. The van der Waals surface area contributed by atoms with Crippen LogP contribution in [-0.4, -0.2) is 23.5 Å². The van der Waals surface area contributed by atoms with Gasteiger partial charge in [0.25, 0.3) is 0 Å². The van der Waals surface area contributed by atoms with Crippen LogP contribution in [0.3, 0.4) is 0 Å². The Bertz CT molecular complexity index is 652. The van der Waals surface area contributed by atoms with Gasteiger partial charge in [-0.25, -0.2) is 0 Å². The number of aromatic nitrogens is 1. The van der Waals surface area contributed by atoms with Crippen molar-refractivity contribution < 1.29 is 4.92 Å². The number of nitro groups is 1. The quantitative estimate of drug-likeness (QED) is 0.479. The lowest BCUT2D eigenvalue weighted by molar-refractivity contribution is -0.382. The van der Waals surface area contributed by atoms with E-state index in [1.807, 2.05) is 18.9 Å². The van der Waals surface area contributed by atoms with Crippen molar-refractivity contribution in [1.82, 2.24) is 4.98 Å². The van der Waals surface area contributed by atoms with Crippen LogP contribution in [0.25, 0.3) is 10.9 Å². The van der Waals surface area contributed by atoms with E-state index >= 15 is 0 Å². The van der Waals surface area contributed by atoms with Gasteiger partial charge in [-0.2, -0.15) is 0 Å². The average molecular weight is 257 g/mol. The fourth-order valence-corrected chi connectivity index (χ4v) is 2.12. The van der Waals surface area contributed by atoms with Crippen molar-refractivity contribution in [2.24, 2.45) is 0 Å². The molecule has 0 aliphatic heterocycles. The van der Waals surface area contributed by atoms with Crippen molar-refractivity contribution in [2.75, 3.05) is 18.5 Å². The first-order valence-electron chi connectivity index (χ1n) is 5.88. The second-order valence-electron chi connectivity index (χ2n) is 4.57. The predicted octanol–water partition coefficient (Wildman–Crippen LogP) is 3.16. The van der Waals surface area contributed by atoms with Crippen LogP contribution in [-0.2, 0) is 0 Å². The second-order valence-corrected chi connectivity index (χ2v) is 4.57. The normalized spacial score (nSPS) is 10.4. The molecule has 2 aromatic rings. The Hall–Kier alpha value is -2.43. The van der Waals surface area contributed by atoms with Crippen LogP contribution >= 0.6 is 0 Å². The lowest BCUT2D eigenvalue weighted by atomic mass is 10.1. The summed E-state index contributed by atoms with van der Waals surface area (Å²) in [7, 11) is 1.82. The van der Waals surface area contributed by atoms with Crippen molar-refractivity contribution in [2.45, 2.75) is 6.92 Å². The molecule has 0 aliphatic carbocycles. The van der Waals surface area contributed by atoms with E-state index in [2.05, 4.69) is 11.6 Å². The lowest BCUT2D eigenvalue weighted by Crippen LogP contribution is -2.20. The van der Waals surface area contributed by atoms with Gasteiger partial charge in [-0.05, 0) is 31.2 Å². The standard InChI is InChI=1S/C14H15N3O2/c1-10(2)9-16(3)13-7-6-12-11(5-4-8-15-12)14(13)17(18)19/h4-8H,1,9H2,2-3H3. The number of hydrogen-bond donors (Lipinski definition) is 0. The van der Waals surface area contributed by atoms with Crippen molar-refractivity contribution in [1.29, 1.82) is 0 Å². The minimum atomic E-state index is -0.353. The lowest BCUT2D eigenvalue weighted by Gasteiger charge is -2.19. The molecule has 5 nitrogen and oxygen atoms in total. The van der Waals surface area contributed by atoms with Gasteiger partial charge in [-0.1, -0.05) is 12.2 Å². The number of pyridine rings is 1. The summed E-state index contributed by atoms with van der Waals surface area (Å²) in [6.45, 7) is 6.30. The summed E-state index contributed by atoms with van der Waals surface area (Å²) in [6, 6.07) is 6.96. The maximum absolute atomic E-state index is 11.4. The topological polar surface area (TPSA) is 59.3 Å². The van der Waals surface area contributed by atoms with Crippen LogP contribution in [0.1, 0.15) is 6.92 Å². The molecule has 5 heteroatoms. The number of benzene rings is 1. The van der Waals surface area contributed by atoms with Crippen LogP contribution in [0.2, 0.25) is 0 Å². The van der Waals surface area contributed by atoms with Gasteiger partial charge in [-0.15, -0.1) is 0 Å². The fourth-order valence-electron chi connectivity index (χ4n) is 2.12. The molecule has 0 radical (unpaired) electrons. The second kappa shape index (κ2) is 5.06. The number of rotatable bonds is 4. The van der Waals surface area contributed by atoms with Gasteiger partial charge in [0, 0.05) is 19.8 Å². The first-order chi connectivity index (χ1) is 9.00. The van der Waals surface area contributed by atoms with Gasteiger partial charge < -0.3 is 4.90 Å². The first-order valence-corrected chi connectivity index (χ1v) is 5.88. The summed E-state index contributed by atoms with van der Waals surface area (Å²) >= 11 is 0. The molecule has 0 atom stereocenters. The molecule has 0 spiro atoms. The molecule has 0 saturated heterocycles. The van der Waals surface area contributed by atoms with Gasteiger partial charge in [-0.3, -0.25) is 15.1 Å². The predicted molar refractivity (Wildman–Crippen MR) is 76.5 cm³/mol. The highest BCUT2D eigenvalue weighted by atomic mass is 16.6. The van der Waals surface area contributed by atoms with Crippen LogP contribution in [0.5, 0.6) is 0 Å². The minimum absolute atomic E-state index is 0.0920. The van der Waals surface area contributed by atoms with Gasteiger partial charge in [0.2, 0.25) is 0 Å². The van der Waals surface area contributed by atoms with Gasteiger partial charge in [0.1, 0.15) is 5.69 Å². The summed E-state index contributed by atoms with van der Waals surface area (Å²) in [5.41, 5.74) is 2.24. The van der Waals surface area contributed by atoms with Crippen molar-refractivity contribution in [3.05, 3.63) is 52.7 Å². The smallest absolute Gasteiger partial charge is 0.301 e. The molecular formula is C14H15N3O2. The van der Waals surface area contributed by atoms with Crippen molar-refractivity contribution in [3.8, 4) is 0 Å². The van der Waals surface area contributed by atoms with E-state index in [4.69, 9.17) is 0 Å². The Balaban J connectivity index is 2.64. The summed E-state index contributed by atoms with van der Waals surface area (Å²) in [6.07, 6.45) is 1.63. The number of nitro benzene ring substituents is 1. The maximum atomic E-state index is 11.4. The van der Waals surface area contributed by atoms with Crippen molar-refractivity contribution in [3.63, 3.8) is 0 Å². The molecule has 0 N–H and O–H groups in total. The Morgan fingerprint density at radius 3 is 2.84 bits per heavy atom. The molecule has 19 heavy (non-hydrogen) atoms. The largest absolute Gasteiger partial charge is 0.365 e. The minimum Gasteiger partial charge on any atom is -0.365 e. The SMILES string of the molecule is C=C(C)CN(C)c1ccc2ncccc2c1[N+](=O)[O-]. The Kier molecular flexibility index (Phi) is 3.46. The van der Waals surface area contributed by atoms with E-state index < -0.39 is 0 Å². The van der Waals surface area contributed by atoms with Crippen LogP contribution in [0.15, 0.2) is 42.6 Å². The molecule has 0 amide bonds. The number of hydrogen-bond acceptors (Lipinski definition) is 4. The molecule has 0 aliphatic rings. The van der Waals surface area contributed by atoms with Gasteiger partial charge in [0.05, 0.1) is 15.8 Å². The molecule has 0 saturated carbocycles. The zero-order valence-electron chi connectivity index (χ0n) is 11.0. The van der Waals surface area contributed by atoms with Gasteiger partial charge in [0.15, 0.2) is 0 Å². The third-order valence-corrected chi connectivity index (χ3v) is 2.84. The monoisotopic (exact) mass is 257 g/mol. The number of likely N-dealkylation sites (N-methyl/N-ethyl adjacent to an activating group) is 1. The van der Waals surface area contributed by atoms with Crippen LogP contribution < -0.4 is 4.90 Å². The fraction of sp³-hybridized carbons (Fsp3) is 0.214. The Morgan fingerprint density at radius 2 is 2.21 bits per heavy atom. The third-order valence-electron chi connectivity index (χ3n) is 2.84. The summed E-state index contributed by atoms with van der Waals surface area (Å²) in [5, 5.41) is 11.9. The Labute approximate surface area is 111 Å². The Morgan fingerprint density at radius 1 is 1.47 bits per heavy atom. The zero-order chi connectivity index (χ0) is 14.0. The molecule has 0 bridgehead atoms. The van der Waals surface area contributed by atoms with E-state index in [1.54, 1.807) is 30.5 Å². The maximum Gasteiger partial charge on any atom is 0.301 e. The van der Waals surface area contributed by atoms with Crippen LogP contribution in [0, 0.1) is 10.1 Å². The van der Waals surface area contributed by atoms with E-state index in [0.717, 1.165) is 5.57 Å². The summed E-state index contributed by atoms with van der Waals surface area (Å²) in [4.78, 5) is 17.0. The highest BCUT2D eigenvalue weighted by Gasteiger charge is 2.21. The molecule has 2 rings (SSSR count). The summed E-state index contributed by atoms with van der Waals surface area (Å²) in [5.74, 6) is 0. The molecular weight excluding hydrogens is 242 g/mol. The molecule has 1 aromatic heterocycles. The third kappa shape index (κ3) is 2.54. The average Bonchev–Trinajstić information content (AvgIpc) is 2.36. The highest BCUT2D eigenvalue weighted by Crippen LogP contribution is 2.34. The summed E-state index contributed by atoms with van der Waals surface area (Å²) < 4.78 is 0. The molecule has 1 aromatic carbocycles. The van der Waals surface area contributed by atoms with Crippen LogP contribution in [0.4, 0.5) is 11.4 Å². The first kappa shape index (κ1) is 13.0. The number of fused-ring (bicyclic) bond motifs is 1. The van der Waals surface area contributed by atoms with E-state index in [1.165, 1.54) is 0 Å². The zero-order valence-corrected chi connectivity index (χ0v) is 11.0. The van der Waals surface area contributed by atoms with E-state index in [0.29, 0.717) is 23.1 Å². The van der Waals surface area contributed by atoms with Gasteiger partial charge >= 0.3 is 5.69 Å². The molecule has 98 valence electrons. The molecule has 1 heterocycles. The van der Waals surface area contributed by atoms with E-state index in [9.17, 15) is 10.1 Å². The number of nitrogens with zero attached hydrogens (tertiary/aromatic N) is 3. The molecule has 0 fully saturated rings. The number of anilines is 1. The highest BCUT2D eigenvalue weighted by molar-refractivity contribution is 5.94.